The third-order valence-corrected chi connectivity index (χ3v) is 4.85. The predicted molar refractivity (Wildman–Crippen MR) is 71.6 cm³/mol. The van der Waals surface area contributed by atoms with Crippen molar-refractivity contribution in [1.82, 2.24) is 14.8 Å². The molecule has 1 aliphatic carbocycles. The standard InChI is InChI=1S/C13H21N3S/c1-15-6-3-7-16(2)12(8-15)13-14-11(9-17-13)10-4-5-10/h9-10,12H,3-8H2,1-2H3. The monoisotopic (exact) mass is 251 g/mol. The number of rotatable bonds is 2. The molecule has 4 heteroatoms. The maximum Gasteiger partial charge on any atom is 0.111 e. The van der Waals surface area contributed by atoms with Crippen LogP contribution in [-0.4, -0.2) is 48.5 Å². The van der Waals surface area contributed by atoms with Crippen LogP contribution in [0.1, 0.15) is 41.9 Å². The first kappa shape index (κ1) is 11.6. The zero-order valence-corrected chi connectivity index (χ0v) is 11.5. The number of hydrogen-bond donors (Lipinski definition) is 0. The van der Waals surface area contributed by atoms with Crippen molar-refractivity contribution in [3.05, 3.63) is 16.1 Å². The van der Waals surface area contributed by atoms with Gasteiger partial charge in [0.1, 0.15) is 5.01 Å². The van der Waals surface area contributed by atoms with E-state index in [1.807, 2.05) is 11.3 Å². The van der Waals surface area contributed by atoms with Gasteiger partial charge in [-0.25, -0.2) is 4.98 Å². The van der Waals surface area contributed by atoms with Gasteiger partial charge in [0.15, 0.2) is 0 Å². The molecule has 17 heavy (non-hydrogen) atoms. The smallest absolute Gasteiger partial charge is 0.111 e. The predicted octanol–water partition coefficient (Wildman–Crippen LogP) is 2.33. The van der Waals surface area contributed by atoms with E-state index in [4.69, 9.17) is 4.98 Å². The van der Waals surface area contributed by atoms with E-state index < -0.39 is 0 Å². The van der Waals surface area contributed by atoms with E-state index in [0.717, 1.165) is 12.5 Å². The number of nitrogens with zero attached hydrogens (tertiary/aromatic N) is 3. The molecule has 1 saturated heterocycles. The quantitative estimate of drug-likeness (QED) is 0.804. The summed E-state index contributed by atoms with van der Waals surface area (Å²) in [5.41, 5.74) is 1.35. The SMILES string of the molecule is CN1CCCN(C)C(c2nc(C3CC3)cs2)C1. The van der Waals surface area contributed by atoms with Crippen molar-refractivity contribution in [2.45, 2.75) is 31.2 Å². The van der Waals surface area contributed by atoms with Crippen molar-refractivity contribution in [2.24, 2.45) is 0 Å². The first-order valence-electron chi connectivity index (χ1n) is 6.58. The van der Waals surface area contributed by atoms with Crippen molar-refractivity contribution >= 4 is 11.3 Å². The van der Waals surface area contributed by atoms with Crippen molar-refractivity contribution in [3.8, 4) is 0 Å². The lowest BCUT2D eigenvalue weighted by Gasteiger charge is -2.25. The van der Waals surface area contributed by atoms with E-state index in [2.05, 4.69) is 29.3 Å². The second-order valence-corrected chi connectivity index (χ2v) is 6.39. The molecule has 0 spiro atoms. The Balaban J connectivity index is 1.78. The van der Waals surface area contributed by atoms with Crippen LogP contribution in [0.25, 0.3) is 0 Å². The van der Waals surface area contributed by atoms with Gasteiger partial charge in [0.25, 0.3) is 0 Å². The molecular weight excluding hydrogens is 230 g/mol. The summed E-state index contributed by atoms with van der Waals surface area (Å²) in [6, 6.07) is 0.500. The van der Waals surface area contributed by atoms with E-state index in [1.165, 1.54) is 43.1 Å². The lowest BCUT2D eigenvalue weighted by atomic mass is 10.2. The molecule has 1 aromatic heterocycles. The minimum atomic E-state index is 0.500. The van der Waals surface area contributed by atoms with Gasteiger partial charge in [-0.2, -0.15) is 0 Å². The summed E-state index contributed by atoms with van der Waals surface area (Å²) >= 11 is 1.86. The first-order chi connectivity index (χ1) is 8.24. The topological polar surface area (TPSA) is 19.4 Å². The molecule has 1 aliphatic heterocycles. The largest absolute Gasteiger partial charge is 0.304 e. The fourth-order valence-electron chi connectivity index (χ4n) is 2.56. The third-order valence-electron chi connectivity index (χ3n) is 3.89. The van der Waals surface area contributed by atoms with E-state index in [9.17, 15) is 0 Å². The van der Waals surface area contributed by atoms with Crippen LogP contribution in [0.5, 0.6) is 0 Å². The van der Waals surface area contributed by atoms with E-state index in [1.54, 1.807) is 0 Å². The molecule has 0 amide bonds. The van der Waals surface area contributed by atoms with Crippen LogP contribution in [0.4, 0.5) is 0 Å². The van der Waals surface area contributed by atoms with Crippen LogP contribution >= 0.6 is 11.3 Å². The fraction of sp³-hybridized carbons (Fsp3) is 0.769. The molecule has 0 bridgehead atoms. The Hall–Kier alpha value is -0.450. The van der Waals surface area contributed by atoms with Crippen LogP contribution in [-0.2, 0) is 0 Å². The van der Waals surface area contributed by atoms with Gasteiger partial charge in [-0.1, -0.05) is 0 Å². The molecule has 1 atom stereocenters. The van der Waals surface area contributed by atoms with Gasteiger partial charge in [-0.3, -0.25) is 4.90 Å². The fourth-order valence-corrected chi connectivity index (χ4v) is 3.62. The lowest BCUT2D eigenvalue weighted by Crippen LogP contribution is -2.30. The molecule has 2 fully saturated rings. The Morgan fingerprint density at radius 2 is 2.12 bits per heavy atom. The molecule has 0 radical (unpaired) electrons. The summed E-state index contributed by atoms with van der Waals surface area (Å²) in [6.45, 7) is 3.52. The third kappa shape index (κ3) is 2.54. The molecule has 2 heterocycles. The Morgan fingerprint density at radius 1 is 1.29 bits per heavy atom. The first-order valence-corrected chi connectivity index (χ1v) is 7.46. The van der Waals surface area contributed by atoms with E-state index >= 15 is 0 Å². The molecule has 1 saturated carbocycles. The maximum absolute atomic E-state index is 4.87. The van der Waals surface area contributed by atoms with Gasteiger partial charge in [-0.05, 0) is 46.4 Å². The zero-order valence-electron chi connectivity index (χ0n) is 10.7. The molecule has 94 valence electrons. The molecule has 3 nitrogen and oxygen atoms in total. The summed E-state index contributed by atoms with van der Waals surface area (Å²) in [5.74, 6) is 0.786. The molecular formula is C13H21N3S. The summed E-state index contributed by atoms with van der Waals surface area (Å²) in [6.07, 6.45) is 3.97. The highest BCUT2D eigenvalue weighted by molar-refractivity contribution is 7.09. The molecule has 0 N–H and O–H groups in total. The Labute approximate surface area is 107 Å². The molecule has 1 aromatic rings. The summed E-state index contributed by atoms with van der Waals surface area (Å²) in [7, 11) is 4.46. The van der Waals surface area contributed by atoms with Crippen molar-refractivity contribution in [3.63, 3.8) is 0 Å². The van der Waals surface area contributed by atoms with Gasteiger partial charge >= 0.3 is 0 Å². The van der Waals surface area contributed by atoms with Crippen LogP contribution in [0.2, 0.25) is 0 Å². The van der Waals surface area contributed by atoms with Crippen LogP contribution < -0.4 is 0 Å². The number of likely N-dealkylation sites (N-methyl/N-ethyl adjacent to an activating group) is 2. The highest BCUT2D eigenvalue weighted by Gasteiger charge is 2.29. The summed E-state index contributed by atoms with van der Waals surface area (Å²) < 4.78 is 0. The van der Waals surface area contributed by atoms with Crippen LogP contribution in [0.15, 0.2) is 5.38 Å². The van der Waals surface area contributed by atoms with Crippen molar-refractivity contribution in [2.75, 3.05) is 33.7 Å². The van der Waals surface area contributed by atoms with Gasteiger partial charge < -0.3 is 4.90 Å². The lowest BCUT2D eigenvalue weighted by molar-refractivity contribution is 0.228. The summed E-state index contributed by atoms with van der Waals surface area (Å²) in [5, 5.41) is 3.61. The van der Waals surface area contributed by atoms with Gasteiger partial charge in [0.05, 0.1) is 11.7 Å². The highest BCUT2D eigenvalue weighted by Crippen LogP contribution is 2.41. The van der Waals surface area contributed by atoms with Crippen LogP contribution in [0, 0.1) is 0 Å². The van der Waals surface area contributed by atoms with E-state index in [-0.39, 0.29) is 0 Å². The second-order valence-electron chi connectivity index (χ2n) is 5.50. The molecule has 2 aliphatic rings. The van der Waals surface area contributed by atoms with Crippen molar-refractivity contribution in [1.29, 1.82) is 0 Å². The van der Waals surface area contributed by atoms with Gasteiger partial charge in [-0.15, -0.1) is 11.3 Å². The van der Waals surface area contributed by atoms with Gasteiger partial charge in [0, 0.05) is 17.8 Å². The second kappa shape index (κ2) is 4.67. The maximum atomic E-state index is 4.87. The number of aromatic nitrogens is 1. The Morgan fingerprint density at radius 3 is 2.88 bits per heavy atom. The summed E-state index contributed by atoms with van der Waals surface area (Å²) in [4.78, 5) is 9.78. The average molecular weight is 251 g/mol. The Bertz CT molecular complexity index is 386. The molecule has 3 rings (SSSR count). The normalized spacial score (nSPS) is 28.2. The van der Waals surface area contributed by atoms with Crippen molar-refractivity contribution < 1.29 is 0 Å². The van der Waals surface area contributed by atoms with E-state index in [0.29, 0.717) is 6.04 Å². The molecule has 1 unspecified atom stereocenters. The minimum Gasteiger partial charge on any atom is -0.304 e. The number of hydrogen-bond acceptors (Lipinski definition) is 4. The average Bonchev–Trinajstić information content (AvgIpc) is 3.07. The minimum absolute atomic E-state index is 0.500. The highest BCUT2D eigenvalue weighted by atomic mass is 32.1. The zero-order chi connectivity index (χ0) is 11.8. The van der Waals surface area contributed by atoms with Crippen LogP contribution in [0.3, 0.4) is 0 Å². The van der Waals surface area contributed by atoms with Gasteiger partial charge in [0.2, 0.25) is 0 Å². The Kier molecular flexibility index (Phi) is 3.19. The number of thiazole rings is 1. The molecule has 0 aromatic carbocycles.